The van der Waals surface area contributed by atoms with Crippen molar-refractivity contribution in [3.63, 3.8) is 0 Å². The largest absolute Gasteiger partial charge is 0.378 e. The van der Waals surface area contributed by atoms with Crippen molar-refractivity contribution in [2.45, 2.75) is 62.8 Å². The molecule has 6 heteroatoms. The third kappa shape index (κ3) is 3.04. The number of hydrogen-bond donors (Lipinski definition) is 0. The van der Waals surface area contributed by atoms with Crippen LogP contribution in [-0.4, -0.2) is 57.7 Å². The number of rotatable bonds is 6. The maximum atomic E-state index is 6.20. The molecular formula is C17H28N4O2. The second kappa shape index (κ2) is 6.15. The van der Waals surface area contributed by atoms with Crippen LogP contribution in [0.1, 0.15) is 44.3 Å². The highest BCUT2D eigenvalue weighted by molar-refractivity contribution is 5.06. The van der Waals surface area contributed by atoms with Crippen molar-refractivity contribution in [3.8, 4) is 0 Å². The highest BCUT2D eigenvalue weighted by Crippen LogP contribution is 2.44. The van der Waals surface area contributed by atoms with Gasteiger partial charge in [0.25, 0.3) is 0 Å². The number of aromatic nitrogens is 3. The van der Waals surface area contributed by atoms with Crippen LogP contribution in [0.15, 0.2) is 6.33 Å². The Kier molecular flexibility index (Phi) is 4.15. The highest BCUT2D eigenvalue weighted by Gasteiger charge is 2.51. The summed E-state index contributed by atoms with van der Waals surface area (Å²) in [6.07, 6.45) is 9.32. The first-order chi connectivity index (χ1) is 11.2. The van der Waals surface area contributed by atoms with E-state index < -0.39 is 0 Å². The molecular weight excluding hydrogens is 292 g/mol. The Hall–Kier alpha value is -0.980. The third-order valence-electron chi connectivity index (χ3n) is 6.07. The summed E-state index contributed by atoms with van der Waals surface area (Å²) in [5, 5.41) is 8.26. The summed E-state index contributed by atoms with van der Waals surface area (Å²) in [6.45, 7) is 2.88. The van der Waals surface area contributed by atoms with E-state index in [0.29, 0.717) is 12.1 Å². The van der Waals surface area contributed by atoms with Gasteiger partial charge in [-0.3, -0.25) is 4.90 Å². The van der Waals surface area contributed by atoms with Gasteiger partial charge in [0.05, 0.1) is 18.2 Å². The molecule has 128 valence electrons. The number of methoxy groups -OCH3 is 1. The van der Waals surface area contributed by atoms with Gasteiger partial charge in [0.15, 0.2) is 0 Å². The monoisotopic (exact) mass is 320 g/mol. The number of aryl methyl sites for hydroxylation is 1. The van der Waals surface area contributed by atoms with Gasteiger partial charge in [0, 0.05) is 33.4 Å². The average Bonchev–Trinajstić information content (AvgIpc) is 3.22. The molecule has 0 amide bonds. The molecule has 1 saturated heterocycles. The quantitative estimate of drug-likeness (QED) is 0.799. The zero-order valence-electron chi connectivity index (χ0n) is 14.3. The van der Waals surface area contributed by atoms with Crippen molar-refractivity contribution < 1.29 is 9.47 Å². The Balaban J connectivity index is 1.44. The van der Waals surface area contributed by atoms with Crippen molar-refractivity contribution in [1.82, 2.24) is 19.7 Å². The average molecular weight is 320 g/mol. The van der Waals surface area contributed by atoms with Crippen molar-refractivity contribution >= 4 is 0 Å². The predicted octanol–water partition coefficient (Wildman–Crippen LogP) is 1.75. The van der Waals surface area contributed by atoms with Crippen LogP contribution in [0.4, 0.5) is 0 Å². The number of ether oxygens (including phenoxy) is 2. The first-order valence-corrected chi connectivity index (χ1v) is 8.94. The Morgan fingerprint density at radius 1 is 1.30 bits per heavy atom. The van der Waals surface area contributed by atoms with Gasteiger partial charge in [-0.25, -0.2) is 0 Å². The number of nitrogens with zero attached hydrogens (tertiary/aromatic N) is 4. The molecule has 2 saturated carbocycles. The molecule has 4 rings (SSSR count). The Bertz CT molecular complexity index is 544. The smallest absolute Gasteiger partial charge is 0.146 e. The van der Waals surface area contributed by atoms with Crippen molar-refractivity contribution in [3.05, 3.63) is 12.2 Å². The Labute approximate surface area is 138 Å². The van der Waals surface area contributed by atoms with Crippen LogP contribution in [0.5, 0.6) is 0 Å². The fraction of sp³-hybridized carbons (Fsp3) is 0.882. The molecule has 23 heavy (non-hydrogen) atoms. The SMILES string of the molecule is CO[C@@]12CC[C@H](OCC3CC3)C[C@@H]1N(Cc1nncn1C)CC2. The predicted molar refractivity (Wildman–Crippen MR) is 85.9 cm³/mol. The normalized spacial score (nSPS) is 34.7. The van der Waals surface area contributed by atoms with Gasteiger partial charge in [0.2, 0.25) is 0 Å². The van der Waals surface area contributed by atoms with E-state index in [0.717, 1.165) is 57.1 Å². The number of hydrogen-bond acceptors (Lipinski definition) is 5. The van der Waals surface area contributed by atoms with E-state index in [2.05, 4.69) is 15.1 Å². The lowest BCUT2D eigenvalue weighted by molar-refractivity contribution is -0.103. The third-order valence-corrected chi connectivity index (χ3v) is 6.07. The molecule has 2 heterocycles. The maximum Gasteiger partial charge on any atom is 0.146 e. The lowest BCUT2D eigenvalue weighted by Crippen LogP contribution is -2.51. The zero-order chi connectivity index (χ0) is 15.9. The second-order valence-electron chi connectivity index (χ2n) is 7.54. The molecule has 6 nitrogen and oxygen atoms in total. The molecule has 1 aromatic rings. The standard InChI is InChI=1S/C17H28N4O2/c1-20-12-18-19-16(20)10-21-8-7-17(22-2)6-5-14(9-15(17)21)23-11-13-3-4-13/h12-15H,3-11H2,1-2H3/t14-,15-,17+/m0/s1. The Morgan fingerprint density at radius 2 is 2.17 bits per heavy atom. The van der Waals surface area contributed by atoms with Gasteiger partial charge < -0.3 is 14.0 Å². The first-order valence-electron chi connectivity index (χ1n) is 8.94. The fourth-order valence-electron chi connectivity index (χ4n) is 4.29. The van der Waals surface area contributed by atoms with Crippen LogP contribution in [0.3, 0.4) is 0 Å². The highest BCUT2D eigenvalue weighted by atomic mass is 16.5. The van der Waals surface area contributed by atoms with E-state index in [1.807, 2.05) is 18.7 Å². The van der Waals surface area contributed by atoms with Gasteiger partial charge in [-0.2, -0.15) is 0 Å². The molecule has 3 aliphatic rings. The zero-order valence-corrected chi connectivity index (χ0v) is 14.3. The van der Waals surface area contributed by atoms with Crippen molar-refractivity contribution in [2.75, 3.05) is 20.3 Å². The van der Waals surface area contributed by atoms with E-state index in [4.69, 9.17) is 9.47 Å². The summed E-state index contributed by atoms with van der Waals surface area (Å²) in [5.74, 6) is 1.86. The Morgan fingerprint density at radius 3 is 2.87 bits per heavy atom. The molecule has 0 unspecified atom stereocenters. The summed E-state index contributed by atoms with van der Waals surface area (Å²) >= 11 is 0. The van der Waals surface area contributed by atoms with Crippen LogP contribution >= 0.6 is 0 Å². The topological polar surface area (TPSA) is 52.4 Å². The lowest BCUT2D eigenvalue weighted by atomic mass is 9.79. The maximum absolute atomic E-state index is 6.20. The molecule has 1 aliphatic heterocycles. The minimum Gasteiger partial charge on any atom is -0.378 e. The summed E-state index contributed by atoms with van der Waals surface area (Å²) in [4.78, 5) is 2.53. The van der Waals surface area contributed by atoms with Crippen LogP contribution in [0.2, 0.25) is 0 Å². The van der Waals surface area contributed by atoms with Crippen LogP contribution in [0, 0.1) is 5.92 Å². The second-order valence-corrected chi connectivity index (χ2v) is 7.54. The van der Waals surface area contributed by atoms with E-state index >= 15 is 0 Å². The van der Waals surface area contributed by atoms with Gasteiger partial charge in [-0.1, -0.05) is 0 Å². The minimum atomic E-state index is 0.0119. The van der Waals surface area contributed by atoms with Crippen molar-refractivity contribution in [2.24, 2.45) is 13.0 Å². The fourth-order valence-corrected chi connectivity index (χ4v) is 4.29. The molecule has 2 aliphatic carbocycles. The molecule has 0 spiro atoms. The molecule has 0 bridgehead atoms. The van der Waals surface area contributed by atoms with E-state index in [1.54, 1.807) is 6.33 Å². The molecule has 0 aromatic carbocycles. The van der Waals surface area contributed by atoms with Gasteiger partial charge in [0.1, 0.15) is 12.2 Å². The number of likely N-dealkylation sites (tertiary alicyclic amines) is 1. The van der Waals surface area contributed by atoms with Gasteiger partial charge in [-0.15, -0.1) is 10.2 Å². The van der Waals surface area contributed by atoms with E-state index in [1.165, 1.54) is 12.8 Å². The van der Waals surface area contributed by atoms with E-state index in [9.17, 15) is 0 Å². The summed E-state index contributed by atoms with van der Waals surface area (Å²) < 4.78 is 14.2. The molecule has 0 N–H and O–H groups in total. The van der Waals surface area contributed by atoms with Gasteiger partial charge >= 0.3 is 0 Å². The van der Waals surface area contributed by atoms with Gasteiger partial charge in [-0.05, 0) is 44.4 Å². The molecule has 3 fully saturated rings. The summed E-state index contributed by atoms with van der Waals surface area (Å²) in [6, 6.07) is 0.433. The number of fused-ring (bicyclic) bond motifs is 1. The lowest BCUT2D eigenvalue weighted by Gasteiger charge is -2.43. The van der Waals surface area contributed by atoms with E-state index in [-0.39, 0.29) is 5.60 Å². The van der Waals surface area contributed by atoms with Crippen LogP contribution in [-0.2, 0) is 23.1 Å². The first kappa shape index (κ1) is 15.5. The molecule has 0 radical (unpaired) electrons. The van der Waals surface area contributed by atoms with Crippen molar-refractivity contribution in [1.29, 1.82) is 0 Å². The molecule has 1 aromatic heterocycles. The van der Waals surface area contributed by atoms with Crippen LogP contribution < -0.4 is 0 Å². The minimum absolute atomic E-state index is 0.0119. The van der Waals surface area contributed by atoms with Crippen LogP contribution in [0.25, 0.3) is 0 Å². The summed E-state index contributed by atoms with van der Waals surface area (Å²) in [7, 11) is 3.89. The molecule has 3 atom stereocenters. The summed E-state index contributed by atoms with van der Waals surface area (Å²) in [5.41, 5.74) is 0.0119.